The Kier molecular flexibility index (Phi) is 6.28. The minimum Gasteiger partial charge on any atom is -1.00 e. The fourth-order valence-corrected chi connectivity index (χ4v) is 3.70. The third kappa shape index (κ3) is 3.70. The minimum atomic E-state index is 0. The highest BCUT2D eigenvalue weighted by Gasteiger charge is 2.16. The minimum absolute atomic E-state index is 0. The van der Waals surface area contributed by atoms with Crippen molar-refractivity contribution in [2.45, 2.75) is 0 Å². The van der Waals surface area contributed by atoms with Crippen LogP contribution in [0.1, 0.15) is 0 Å². The second kappa shape index (κ2) is 6.96. The van der Waals surface area contributed by atoms with Crippen LogP contribution < -0.4 is 24.0 Å². The summed E-state index contributed by atoms with van der Waals surface area (Å²) in [6.07, 6.45) is 6.61. The highest BCUT2D eigenvalue weighted by atomic mass is 127. The summed E-state index contributed by atoms with van der Waals surface area (Å²) in [6, 6.07) is 0. The van der Waals surface area contributed by atoms with Gasteiger partial charge in [0.25, 0.3) is 0 Å². The van der Waals surface area contributed by atoms with Crippen molar-refractivity contribution in [3.63, 3.8) is 0 Å². The molecule has 0 amide bonds. The van der Waals surface area contributed by atoms with E-state index in [2.05, 4.69) is 41.8 Å². The molecule has 0 aromatic heterocycles. The molecule has 5 heteroatoms. The van der Waals surface area contributed by atoms with Crippen molar-refractivity contribution in [2.75, 3.05) is 38.7 Å². The number of hydrogen-bond donors (Lipinski definition) is 0. The quantitative estimate of drug-likeness (QED) is 0.449. The van der Waals surface area contributed by atoms with E-state index in [1.54, 1.807) is 0 Å². The smallest absolute Gasteiger partial charge is 0.234 e. The number of nitrogens with zero attached hydrogens (tertiary/aromatic N) is 2. The molecule has 1 fully saturated rings. The lowest BCUT2D eigenvalue weighted by Crippen LogP contribution is -3.00. The summed E-state index contributed by atoms with van der Waals surface area (Å²) in [6.45, 7) is 2.35. The zero-order chi connectivity index (χ0) is 10.7. The number of allylic oxidation sites excluding steroid dienone is 2. The normalized spacial score (nSPS) is 23.6. The molecule has 0 radical (unpaired) electrons. The van der Waals surface area contributed by atoms with Crippen molar-refractivity contribution in [3.05, 3.63) is 23.3 Å². The topological polar surface area (TPSA) is 6.25 Å². The molecule has 2 rings (SSSR count). The van der Waals surface area contributed by atoms with Crippen LogP contribution in [0.5, 0.6) is 0 Å². The van der Waals surface area contributed by atoms with Gasteiger partial charge in [0.15, 0.2) is 6.54 Å². The van der Waals surface area contributed by atoms with Gasteiger partial charge in [0, 0.05) is 25.4 Å². The van der Waals surface area contributed by atoms with E-state index in [1.807, 2.05) is 23.5 Å². The zero-order valence-corrected chi connectivity index (χ0v) is 13.4. The van der Waals surface area contributed by atoms with Gasteiger partial charge in [-0.25, -0.2) is 4.58 Å². The van der Waals surface area contributed by atoms with E-state index in [9.17, 15) is 0 Å². The van der Waals surface area contributed by atoms with E-state index in [0.717, 1.165) is 0 Å². The Morgan fingerprint density at radius 3 is 2.69 bits per heavy atom. The van der Waals surface area contributed by atoms with Crippen molar-refractivity contribution >= 4 is 28.6 Å². The first-order chi connectivity index (χ1) is 7.27. The van der Waals surface area contributed by atoms with Crippen molar-refractivity contribution in [1.82, 2.24) is 4.90 Å². The first-order valence-corrected chi connectivity index (χ1v) is 7.17. The molecule has 0 aromatic carbocycles. The standard InChI is InChI=1S/C11H17N2S2.HI/c1-12-6-8-14-10(12)4-3-5-11-13(2)7-9-15-11;/h3-5H,6-9H2,1-2H3;1H/q+1;/p-1. The van der Waals surface area contributed by atoms with Crippen LogP contribution >= 0.6 is 23.5 Å². The largest absolute Gasteiger partial charge is 1.00 e. The monoisotopic (exact) mass is 368 g/mol. The Hall–Kier alpha value is 0.380. The second-order valence-corrected chi connectivity index (χ2v) is 5.97. The molecule has 0 spiro atoms. The van der Waals surface area contributed by atoms with E-state index in [0.29, 0.717) is 0 Å². The van der Waals surface area contributed by atoms with E-state index in [-0.39, 0.29) is 24.0 Å². The molecule has 2 aliphatic heterocycles. The van der Waals surface area contributed by atoms with Crippen LogP contribution in [0, 0.1) is 0 Å². The van der Waals surface area contributed by atoms with Gasteiger partial charge in [-0.3, -0.25) is 0 Å². The molecule has 2 heterocycles. The van der Waals surface area contributed by atoms with E-state index < -0.39 is 0 Å². The second-order valence-electron chi connectivity index (χ2n) is 3.74. The third-order valence-corrected chi connectivity index (χ3v) is 4.84. The van der Waals surface area contributed by atoms with Gasteiger partial charge in [-0.05, 0) is 6.08 Å². The first kappa shape index (κ1) is 14.4. The summed E-state index contributed by atoms with van der Waals surface area (Å²) >= 11 is 3.88. The van der Waals surface area contributed by atoms with E-state index in [4.69, 9.17) is 0 Å². The summed E-state index contributed by atoms with van der Waals surface area (Å²) in [4.78, 5) is 2.31. The van der Waals surface area contributed by atoms with Crippen LogP contribution in [0.4, 0.5) is 0 Å². The molecule has 0 unspecified atom stereocenters. The lowest BCUT2D eigenvalue weighted by Gasteiger charge is -2.09. The maximum atomic E-state index is 2.31. The Morgan fingerprint density at radius 2 is 2.12 bits per heavy atom. The number of halogens is 1. The molecule has 0 saturated carbocycles. The van der Waals surface area contributed by atoms with Crippen molar-refractivity contribution in [1.29, 1.82) is 0 Å². The zero-order valence-electron chi connectivity index (χ0n) is 9.65. The number of hydrogen-bond acceptors (Lipinski definition) is 3. The van der Waals surface area contributed by atoms with Crippen molar-refractivity contribution < 1.29 is 28.6 Å². The van der Waals surface area contributed by atoms with E-state index in [1.165, 1.54) is 34.7 Å². The molecule has 0 aliphatic carbocycles. The van der Waals surface area contributed by atoms with Crippen molar-refractivity contribution in [3.8, 4) is 0 Å². The van der Waals surface area contributed by atoms with Gasteiger partial charge in [0.1, 0.15) is 7.05 Å². The molecule has 16 heavy (non-hydrogen) atoms. The van der Waals surface area contributed by atoms with Crippen molar-refractivity contribution in [2.24, 2.45) is 0 Å². The molecule has 0 N–H and O–H groups in total. The van der Waals surface area contributed by atoms with Gasteiger partial charge in [-0.2, -0.15) is 0 Å². The van der Waals surface area contributed by atoms with Gasteiger partial charge >= 0.3 is 0 Å². The highest BCUT2D eigenvalue weighted by Crippen LogP contribution is 2.25. The van der Waals surface area contributed by atoms with Crippen LogP contribution in [0.15, 0.2) is 23.3 Å². The van der Waals surface area contributed by atoms with Crippen LogP contribution in [-0.4, -0.2) is 53.2 Å². The molecule has 0 bridgehead atoms. The van der Waals surface area contributed by atoms with Gasteiger partial charge in [-0.15, -0.1) is 11.8 Å². The molecular weight excluding hydrogens is 351 g/mol. The first-order valence-electron chi connectivity index (χ1n) is 5.20. The Labute approximate surface area is 123 Å². The Balaban J connectivity index is 0.00000128. The highest BCUT2D eigenvalue weighted by molar-refractivity contribution is 8.14. The average molecular weight is 368 g/mol. The number of rotatable bonds is 2. The molecule has 0 aromatic rings. The summed E-state index contributed by atoms with van der Waals surface area (Å²) < 4.78 is 2.31. The van der Waals surface area contributed by atoms with Crippen LogP contribution in [0.3, 0.4) is 0 Å². The maximum absolute atomic E-state index is 2.31. The lowest BCUT2D eigenvalue weighted by atomic mass is 10.4. The SMILES string of the molecule is CN1CCS/C1=C\C=C/C1=[N+](C)CCS1.[I-]. The van der Waals surface area contributed by atoms with Crippen LogP contribution in [0.2, 0.25) is 0 Å². The van der Waals surface area contributed by atoms with Gasteiger partial charge in [-0.1, -0.05) is 17.8 Å². The maximum Gasteiger partial charge on any atom is 0.234 e. The molecule has 2 nitrogen and oxygen atoms in total. The summed E-state index contributed by atoms with van der Waals surface area (Å²) in [5.74, 6) is 2.45. The molecular formula is C11H17IN2S2. The predicted molar refractivity (Wildman–Crippen MR) is 70.8 cm³/mol. The third-order valence-electron chi connectivity index (χ3n) is 2.58. The lowest BCUT2D eigenvalue weighted by molar-refractivity contribution is -0.485. The predicted octanol–water partition coefficient (Wildman–Crippen LogP) is -1.15. The fraction of sp³-hybridized carbons (Fsp3) is 0.545. The summed E-state index contributed by atoms with van der Waals surface area (Å²) in [5, 5.41) is 2.77. The van der Waals surface area contributed by atoms with Gasteiger partial charge in [0.2, 0.25) is 5.04 Å². The van der Waals surface area contributed by atoms with Crippen LogP contribution in [-0.2, 0) is 0 Å². The average Bonchev–Trinajstić information content (AvgIpc) is 2.78. The molecule has 2 aliphatic rings. The summed E-state index contributed by atoms with van der Waals surface area (Å²) in [5.41, 5.74) is 0. The number of thioether (sulfide) groups is 2. The van der Waals surface area contributed by atoms with E-state index >= 15 is 0 Å². The molecule has 1 saturated heterocycles. The summed E-state index contributed by atoms with van der Waals surface area (Å²) in [7, 11) is 4.31. The van der Waals surface area contributed by atoms with Gasteiger partial charge in [0.05, 0.1) is 10.8 Å². The molecule has 90 valence electrons. The molecule has 0 atom stereocenters. The van der Waals surface area contributed by atoms with Gasteiger partial charge < -0.3 is 28.9 Å². The fourth-order valence-electron chi connectivity index (χ4n) is 1.58. The van der Waals surface area contributed by atoms with Crippen LogP contribution in [0.25, 0.3) is 0 Å². The Morgan fingerprint density at radius 1 is 1.31 bits per heavy atom. The Bertz CT molecular complexity index is 337.